The van der Waals surface area contributed by atoms with Crippen LogP contribution in [0.25, 0.3) is 0 Å². The molecule has 0 spiro atoms. The molecule has 4 heteroatoms. The lowest BCUT2D eigenvalue weighted by atomic mass is 10.2. The molecule has 0 aliphatic heterocycles. The van der Waals surface area contributed by atoms with Crippen molar-refractivity contribution >= 4 is 0 Å². The van der Waals surface area contributed by atoms with Crippen LogP contribution in [0.5, 0.6) is 5.75 Å². The second-order valence-corrected chi connectivity index (χ2v) is 5.37. The van der Waals surface area contributed by atoms with Crippen LogP contribution < -0.4 is 10.5 Å². The van der Waals surface area contributed by atoms with Crippen LogP contribution in [0.15, 0.2) is 36.5 Å². The van der Waals surface area contributed by atoms with Crippen molar-refractivity contribution in [3.8, 4) is 5.75 Å². The molecule has 1 heterocycles. The summed E-state index contributed by atoms with van der Waals surface area (Å²) in [6, 6.07) is 10.5. The number of nitrogens with zero attached hydrogens (tertiary/aromatic N) is 2. The van der Waals surface area contributed by atoms with E-state index in [0.717, 1.165) is 17.0 Å². The van der Waals surface area contributed by atoms with Crippen LogP contribution in [0.2, 0.25) is 0 Å². The van der Waals surface area contributed by atoms with Gasteiger partial charge in [0.05, 0.1) is 11.7 Å². The number of hydrogen-bond donors (Lipinski definition) is 1. The second kappa shape index (κ2) is 6.09. The average Bonchev–Trinajstić information content (AvgIpc) is 3.16. The highest BCUT2D eigenvalue weighted by Crippen LogP contribution is 2.28. The van der Waals surface area contributed by atoms with E-state index in [-0.39, 0.29) is 0 Å². The highest BCUT2D eigenvalue weighted by atomic mass is 16.5. The number of ether oxygens (including phenoxy) is 1. The predicted octanol–water partition coefficient (Wildman–Crippen LogP) is 3.04. The Balaban J connectivity index is 1.60. The van der Waals surface area contributed by atoms with Gasteiger partial charge in [-0.05, 0) is 36.6 Å². The minimum absolute atomic E-state index is 0.508. The van der Waals surface area contributed by atoms with E-state index in [4.69, 9.17) is 10.5 Å². The molecule has 1 aromatic carbocycles. The zero-order chi connectivity index (χ0) is 13.8. The Morgan fingerprint density at radius 2 is 2.10 bits per heavy atom. The van der Waals surface area contributed by atoms with Crippen LogP contribution in [-0.2, 0) is 13.2 Å². The molecule has 1 saturated carbocycles. The summed E-state index contributed by atoms with van der Waals surface area (Å²) in [5.74, 6) is 0.850. The summed E-state index contributed by atoms with van der Waals surface area (Å²) in [7, 11) is 0. The molecule has 0 bridgehead atoms. The van der Waals surface area contributed by atoms with Crippen molar-refractivity contribution in [3.63, 3.8) is 0 Å². The van der Waals surface area contributed by atoms with Gasteiger partial charge in [0.15, 0.2) is 0 Å². The van der Waals surface area contributed by atoms with Gasteiger partial charge in [0.2, 0.25) is 0 Å². The van der Waals surface area contributed by atoms with Gasteiger partial charge in [0.1, 0.15) is 12.4 Å². The summed E-state index contributed by atoms with van der Waals surface area (Å²) in [4.78, 5) is 0. The van der Waals surface area contributed by atoms with Crippen LogP contribution in [0.3, 0.4) is 0 Å². The van der Waals surface area contributed by atoms with E-state index in [1.807, 2.05) is 30.3 Å². The van der Waals surface area contributed by atoms with Gasteiger partial charge in [-0.1, -0.05) is 25.0 Å². The Labute approximate surface area is 119 Å². The smallest absolute Gasteiger partial charge is 0.132 e. The van der Waals surface area contributed by atoms with Crippen molar-refractivity contribution in [2.24, 2.45) is 5.73 Å². The first-order valence-electron chi connectivity index (χ1n) is 7.31. The number of nitrogens with two attached hydrogens (primary N) is 1. The highest BCUT2D eigenvalue weighted by molar-refractivity contribution is 5.28. The minimum atomic E-state index is 0.508. The van der Waals surface area contributed by atoms with Crippen molar-refractivity contribution < 1.29 is 4.74 Å². The summed E-state index contributed by atoms with van der Waals surface area (Å²) in [6.07, 6.45) is 7.22. The zero-order valence-corrected chi connectivity index (χ0v) is 11.7. The van der Waals surface area contributed by atoms with E-state index in [9.17, 15) is 0 Å². The lowest BCUT2D eigenvalue weighted by Crippen LogP contribution is -2.06. The van der Waals surface area contributed by atoms with Crippen molar-refractivity contribution in [3.05, 3.63) is 47.8 Å². The van der Waals surface area contributed by atoms with E-state index in [0.29, 0.717) is 19.2 Å². The first kappa shape index (κ1) is 13.2. The van der Waals surface area contributed by atoms with E-state index < -0.39 is 0 Å². The Hall–Kier alpha value is -1.81. The SMILES string of the molecule is NCc1cccc(OCc2ccn(C3CCCC3)n2)c1. The number of rotatable bonds is 5. The predicted molar refractivity (Wildman–Crippen MR) is 78.4 cm³/mol. The van der Waals surface area contributed by atoms with Crippen LogP contribution in [-0.4, -0.2) is 9.78 Å². The molecule has 0 atom stereocenters. The molecule has 4 nitrogen and oxygen atoms in total. The maximum atomic E-state index is 5.78. The third-order valence-corrected chi connectivity index (χ3v) is 3.88. The molecule has 0 saturated heterocycles. The zero-order valence-electron chi connectivity index (χ0n) is 11.7. The quantitative estimate of drug-likeness (QED) is 0.909. The fraction of sp³-hybridized carbons (Fsp3) is 0.438. The van der Waals surface area contributed by atoms with Gasteiger partial charge in [0.25, 0.3) is 0 Å². The summed E-state index contributed by atoms with van der Waals surface area (Å²) >= 11 is 0. The molecule has 0 amide bonds. The second-order valence-electron chi connectivity index (χ2n) is 5.37. The van der Waals surface area contributed by atoms with E-state index in [1.54, 1.807) is 0 Å². The molecule has 2 N–H and O–H groups in total. The van der Waals surface area contributed by atoms with Gasteiger partial charge >= 0.3 is 0 Å². The standard InChI is InChI=1S/C16H21N3O/c17-11-13-4-3-7-16(10-13)20-12-14-8-9-19(18-14)15-5-1-2-6-15/h3-4,7-10,15H,1-2,5-6,11-12,17H2. The fourth-order valence-corrected chi connectivity index (χ4v) is 2.75. The number of aromatic nitrogens is 2. The van der Waals surface area contributed by atoms with Gasteiger partial charge in [0, 0.05) is 12.7 Å². The van der Waals surface area contributed by atoms with Crippen LogP contribution in [0.1, 0.15) is 43.0 Å². The summed E-state index contributed by atoms with van der Waals surface area (Å²) < 4.78 is 7.88. The molecule has 2 aromatic rings. The van der Waals surface area contributed by atoms with Crippen molar-refractivity contribution in [1.29, 1.82) is 0 Å². The molecule has 1 aliphatic rings. The van der Waals surface area contributed by atoms with Gasteiger partial charge in [-0.25, -0.2) is 0 Å². The summed E-state index contributed by atoms with van der Waals surface area (Å²) in [6.45, 7) is 1.04. The molecular formula is C16H21N3O. The van der Waals surface area contributed by atoms with Crippen LogP contribution in [0.4, 0.5) is 0 Å². The Morgan fingerprint density at radius 3 is 2.90 bits per heavy atom. The molecular weight excluding hydrogens is 250 g/mol. The van der Waals surface area contributed by atoms with Crippen molar-refractivity contribution in [2.45, 2.75) is 44.9 Å². The highest BCUT2D eigenvalue weighted by Gasteiger charge is 2.17. The summed E-state index contributed by atoms with van der Waals surface area (Å²) in [5.41, 5.74) is 7.69. The van der Waals surface area contributed by atoms with Crippen LogP contribution >= 0.6 is 0 Å². The molecule has 20 heavy (non-hydrogen) atoms. The topological polar surface area (TPSA) is 53.1 Å². The Bertz CT molecular complexity index is 558. The lowest BCUT2D eigenvalue weighted by molar-refractivity contribution is 0.297. The molecule has 0 unspecified atom stereocenters. The van der Waals surface area contributed by atoms with Crippen LogP contribution in [0, 0.1) is 0 Å². The van der Waals surface area contributed by atoms with Gasteiger partial charge < -0.3 is 10.5 Å². The van der Waals surface area contributed by atoms with Gasteiger partial charge in [-0.15, -0.1) is 0 Å². The molecule has 1 aliphatic carbocycles. The third kappa shape index (κ3) is 3.02. The Morgan fingerprint density at radius 1 is 1.25 bits per heavy atom. The largest absolute Gasteiger partial charge is 0.487 e. The molecule has 0 radical (unpaired) electrons. The van der Waals surface area contributed by atoms with E-state index in [1.165, 1.54) is 25.7 Å². The van der Waals surface area contributed by atoms with Gasteiger partial charge in [-0.2, -0.15) is 5.10 Å². The average molecular weight is 271 g/mol. The third-order valence-electron chi connectivity index (χ3n) is 3.88. The van der Waals surface area contributed by atoms with Crippen molar-refractivity contribution in [1.82, 2.24) is 9.78 Å². The van der Waals surface area contributed by atoms with Crippen molar-refractivity contribution in [2.75, 3.05) is 0 Å². The minimum Gasteiger partial charge on any atom is -0.487 e. The molecule has 106 valence electrons. The monoisotopic (exact) mass is 271 g/mol. The molecule has 1 aromatic heterocycles. The van der Waals surface area contributed by atoms with Gasteiger partial charge in [-0.3, -0.25) is 4.68 Å². The summed E-state index contributed by atoms with van der Waals surface area (Å²) in [5, 5.41) is 4.62. The lowest BCUT2D eigenvalue weighted by Gasteiger charge is -2.09. The normalized spacial score (nSPS) is 15.7. The number of benzene rings is 1. The maximum Gasteiger partial charge on any atom is 0.132 e. The number of hydrogen-bond acceptors (Lipinski definition) is 3. The molecule has 1 fully saturated rings. The van der Waals surface area contributed by atoms with E-state index in [2.05, 4.69) is 16.0 Å². The first-order valence-corrected chi connectivity index (χ1v) is 7.31. The fourth-order valence-electron chi connectivity index (χ4n) is 2.75. The first-order chi connectivity index (χ1) is 9.85. The molecule has 3 rings (SSSR count). The maximum absolute atomic E-state index is 5.78. The Kier molecular flexibility index (Phi) is 4.02. The van der Waals surface area contributed by atoms with E-state index >= 15 is 0 Å².